The summed E-state index contributed by atoms with van der Waals surface area (Å²) in [6, 6.07) is 7.40. The SMILES string of the molecule is CCNCC(=O)Nc1ccc(OCCN(C)C)cc1. The number of carbonyl (C=O) groups excluding carboxylic acids is 1. The van der Waals surface area contributed by atoms with Crippen LogP contribution in [0.3, 0.4) is 0 Å². The third kappa shape index (κ3) is 6.79. The Morgan fingerprint density at radius 3 is 2.53 bits per heavy atom. The first-order chi connectivity index (χ1) is 9.11. The fraction of sp³-hybridized carbons (Fsp3) is 0.500. The average Bonchev–Trinajstić information content (AvgIpc) is 2.38. The second-order valence-corrected chi connectivity index (χ2v) is 4.50. The van der Waals surface area contributed by atoms with Crippen LogP contribution in [0, 0.1) is 0 Å². The van der Waals surface area contributed by atoms with Crippen molar-refractivity contribution in [1.29, 1.82) is 0 Å². The molecule has 5 nitrogen and oxygen atoms in total. The molecule has 0 aromatic heterocycles. The van der Waals surface area contributed by atoms with Crippen molar-refractivity contribution in [3.8, 4) is 5.75 Å². The molecule has 0 bridgehead atoms. The van der Waals surface area contributed by atoms with Crippen LogP contribution in [0.2, 0.25) is 0 Å². The molecule has 0 radical (unpaired) electrons. The van der Waals surface area contributed by atoms with Crippen molar-refractivity contribution < 1.29 is 9.53 Å². The van der Waals surface area contributed by atoms with Crippen LogP contribution in [0.15, 0.2) is 24.3 Å². The van der Waals surface area contributed by atoms with Gasteiger partial charge in [0.1, 0.15) is 12.4 Å². The molecule has 19 heavy (non-hydrogen) atoms. The van der Waals surface area contributed by atoms with Gasteiger partial charge >= 0.3 is 0 Å². The molecule has 0 aliphatic rings. The van der Waals surface area contributed by atoms with Crippen LogP contribution in [0.5, 0.6) is 5.75 Å². The Hall–Kier alpha value is -1.59. The molecule has 1 rings (SSSR count). The summed E-state index contributed by atoms with van der Waals surface area (Å²) >= 11 is 0. The topological polar surface area (TPSA) is 53.6 Å². The fourth-order valence-corrected chi connectivity index (χ4v) is 1.42. The van der Waals surface area contributed by atoms with Gasteiger partial charge in [-0.3, -0.25) is 4.79 Å². The number of ether oxygens (including phenoxy) is 1. The number of nitrogens with one attached hydrogen (secondary N) is 2. The van der Waals surface area contributed by atoms with E-state index in [1.165, 1.54) is 0 Å². The first-order valence-corrected chi connectivity index (χ1v) is 6.50. The summed E-state index contributed by atoms with van der Waals surface area (Å²) in [7, 11) is 4.01. The molecule has 0 aliphatic heterocycles. The van der Waals surface area contributed by atoms with E-state index < -0.39 is 0 Å². The van der Waals surface area contributed by atoms with Gasteiger partial charge in [-0.15, -0.1) is 0 Å². The van der Waals surface area contributed by atoms with Gasteiger partial charge in [0.25, 0.3) is 0 Å². The van der Waals surface area contributed by atoms with Gasteiger partial charge in [-0.2, -0.15) is 0 Å². The maximum atomic E-state index is 11.5. The van der Waals surface area contributed by atoms with Crippen molar-refractivity contribution in [1.82, 2.24) is 10.2 Å². The monoisotopic (exact) mass is 265 g/mol. The van der Waals surface area contributed by atoms with Crippen molar-refractivity contribution in [2.45, 2.75) is 6.92 Å². The minimum atomic E-state index is -0.0388. The van der Waals surface area contributed by atoms with Gasteiger partial charge in [0, 0.05) is 12.2 Å². The van der Waals surface area contributed by atoms with Crippen molar-refractivity contribution in [3.05, 3.63) is 24.3 Å². The van der Waals surface area contributed by atoms with Gasteiger partial charge in [-0.1, -0.05) is 6.92 Å². The zero-order chi connectivity index (χ0) is 14.1. The predicted octanol–water partition coefficient (Wildman–Crippen LogP) is 1.17. The van der Waals surface area contributed by atoms with Crippen LogP contribution in [0.25, 0.3) is 0 Å². The van der Waals surface area contributed by atoms with Crippen LogP contribution in [0.4, 0.5) is 5.69 Å². The third-order valence-corrected chi connectivity index (χ3v) is 2.48. The summed E-state index contributed by atoms with van der Waals surface area (Å²) in [5.41, 5.74) is 0.780. The normalized spacial score (nSPS) is 10.5. The van der Waals surface area contributed by atoms with Gasteiger partial charge in [0.15, 0.2) is 0 Å². The average molecular weight is 265 g/mol. The van der Waals surface area contributed by atoms with Crippen LogP contribution in [0.1, 0.15) is 6.92 Å². The maximum Gasteiger partial charge on any atom is 0.238 e. The second kappa shape index (κ2) is 8.50. The first kappa shape index (κ1) is 15.5. The van der Waals surface area contributed by atoms with E-state index in [9.17, 15) is 4.79 Å². The molecule has 2 N–H and O–H groups in total. The Bertz CT molecular complexity index is 377. The largest absolute Gasteiger partial charge is 0.492 e. The van der Waals surface area contributed by atoms with Gasteiger partial charge in [0.2, 0.25) is 5.91 Å². The molecule has 0 unspecified atom stereocenters. The number of nitrogens with zero attached hydrogens (tertiary/aromatic N) is 1. The molecule has 5 heteroatoms. The number of carbonyl (C=O) groups is 1. The molecule has 1 amide bonds. The molecule has 1 aromatic rings. The Balaban J connectivity index is 2.36. The lowest BCUT2D eigenvalue weighted by Crippen LogP contribution is -2.27. The third-order valence-electron chi connectivity index (χ3n) is 2.48. The van der Waals surface area contributed by atoms with Gasteiger partial charge in [0.05, 0.1) is 6.54 Å². The van der Waals surface area contributed by atoms with Crippen molar-refractivity contribution in [3.63, 3.8) is 0 Å². The zero-order valence-electron chi connectivity index (χ0n) is 11.9. The van der Waals surface area contributed by atoms with Crippen LogP contribution >= 0.6 is 0 Å². The molecule has 0 saturated heterocycles. The van der Waals surface area contributed by atoms with Crippen molar-refractivity contribution in [2.24, 2.45) is 0 Å². The van der Waals surface area contributed by atoms with E-state index in [1.807, 2.05) is 45.3 Å². The molecule has 1 aromatic carbocycles. The number of hydrogen-bond acceptors (Lipinski definition) is 4. The summed E-state index contributed by atoms with van der Waals surface area (Å²) in [5, 5.41) is 5.79. The quantitative estimate of drug-likeness (QED) is 0.741. The Morgan fingerprint density at radius 2 is 1.95 bits per heavy atom. The fourth-order valence-electron chi connectivity index (χ4n) is 1.42. The van der Waals surface area contributed by atoms with E-state index in [2.05, 4.69) is 15.5 Å². The summed E-state index contributed by atoms with van der Waals surface area (Å²) in [6.45, 7) is 4.61. The number of hydrogen-bond donors (Lipinski definition) is 2. The first-order valence-electron chi connectivity index (χ1n) is 6.50. The zero-order valence-corrected chi connectivity index (χ0v) is 11.9. The number of benzene rings is 1. The number of rotatable bonds is 8. The number of likely N-dealkylation sites (N-methyl/N-ethyl adjacent to an activating group) is 2. The molecule has 0 atom stereocenters. The Labute approximate surface area is 114 Å². The van der Waals surface area contributed by atoms with E-state index in [0.717, 1.165) is 24.5 Å². The molecule has 0 saturated carbocycles. The van der Waals surface area contributed by atoms with Gasteiger partial charge in [-0.05, 0) is 44.9 Å². The van der Waals surface area contributed by atoms with Gasteiger partial charge < -0.3 is 20.3 Å². The molecule has 0 aliphatic carbocycles. The highest BCUT2D eigenvalue weighted by atomic mass is 16.5. The summed E-state index contributed by atoms with van der Waals surface area (Å²) < 4.78 is 5.57. The minimum Gasteiger partial charge on any atom is -0.492 e. The smallest absolute Gasteiger partial charge is 0.238 e. The lowest BCUT2D eigenvalue weighted by molar-refractivity contribution is -0.115. The summed E-state index contributed by atoms with van der Waals surface area (Å²) in [6.07, 6.45) is 0. The van der Waals surface area contributed by atoms with E-state index in [0.29, 0.717) is 13.2 Å². The standard InChI is InChI=1S/C14H23N3O2/c1-4-15-11-14(18)16-12-5-7-13(8-6-12)19-10-9-17(2)3/h5-8,15H,4,9-11H2,1-3H3,(H,16,18). The van der Waals surface area contributed by atoms with E-state index in [-0.39, 0.29) is 5.91 Å². The summed E-state index contributed by atoms with van der Waals surface area (Å²) in [4.78, 5) is 13.6. The van der Waals surface area contributed by atoms with E-state index in [4.69, 9.17) is 4.74 Å². The molecule has 0 fully saturated rings. The highest BCUT2D eigenvalue weighted by Gasteiger charge is 2.01. The summed E-state index contributed by atoms with van der Waals surface area (Å²) in [5.74, 6) is 0.773. The van der Waals surface area contributed by atoms with Crippen LogP contribution in [-0.4, -0.2) is 51.1 Å². The predicted molar refractivity (Wildman–Crippen MR) is 77.7 cm³/mol. The molecule has 0 spiro atoms. The van der Waals surface area contributed by atoms with Crippen LogP contribution in [-0.2, 0) is 4.79 Å². The van der Waals surface area contributed by atoms with Gasteiger partial charge in [-0.25, -0.2) is 0 Å². The highest BCUT2D eigenvalue weighted by molar-refractivity contribution is 5.92. The van der Waals surface area contributed by atoms with E-state index in [1.54, 1.807) is 0 Å². The minimum absolute atomic E-state index is 0.0388. The number of anilines is 1. The molecule has 0 heterocycles. The highest BCUT2D eigenvalue weighted by Crippen LogP contribution is 2.15. The van der Waals surface area contributed by atoms with E-state index >= 15 is 0 Å². The number of amides is 1. The maximum absolute atomic E-state index is 11.5. The van der Waals surface area contributed by atoms with Crippen LogP contribution < -0.4 is 15.4 Å². The lowest BCUT2D eigenvalue weighted by Gasteiger charge is -2.11. The van der Waals surface area contributed by atoms with Crippen molar-refractivity contribution in [2.75, 3.05) is 45.7 Å². The molecular weight excluding hydrogens is 242 g/mol. The lowest BCUT2D eigenvalue weighted by atomic mass is 10.3. The van der Waals surface area contributed by atoms with Crippen molar-refractivity contribution >= 4 is 11.6 Å². The second-order valence-electron chi connectivity index (χ2n) is 4.50. The Morgan fingerprint density at radius 1 is 1.26 bits per heavy atom. The molecule has 106 valence electrons. The molecular formula is C14H23N3O2. The Kier molecular flexibility index (Phi) is 6.92.